The highest BCUT2D eigenvalue weighted by Gasteiger charge is 2.30. The van der Waals surface area contributed by atoms with Gasteiger partial charge in [0.05, 0.1) is 47.7 Å². The van der Waals surface area contributed by atoms with Gasteiger partial charge in [0.15, 0.2) is 0 Å². The Morgan fingerprint density at radius 2 is 1.46 bits per heavy atom. The number of nitrogens with one attached hydrogen (secondary N) is 2. The second-order valence-electron chi connectivity index (χ2n) is 15.9. The average molecular weight is 872 g/mol. The first-order valence-corrected chi connectivity index (χ1v) is 20.4. The molecule has 0 aliphatic carbocycles. The van der Waals surface area contributed by atoms with E-state index in [-0.39, 0.29) is 61.5 Å². The van der Waals surface area contributed by atoms with Crippen molar-refractivity contribution in [1.82, 2.24) is 39.8 Å². The predicted molar refractivity (Wildman–Crippen MR) is 227 cm³/mol. The SMILES string of the molecule is COc1nc(-c2cccc(-c3cccc(-c4ccn5c(=O)c(CN(C[C@@H]6CCC(=O)N6)C(=O)O)cnc5c4)c3Cl)c2Cl)cnc1CN(C[C@@H]1CCC(=O)N1)C(=O)OC(C)(C)C. The van der Waals surface area contributed by atoms with Gasteiger partial charge in [0.25, 0.3) is 5.56 Å². The van der Waals surface area contributed by atoms with Crippen LogP contribution in [0.1, 0.15) is 57.7 Å². The number of amides is 4. The van der Waals surface area contributed by atoms with Gasteiger partial charge in [-0.2, -0.15) is 0 Å². The molecule has 5 aromatic rings. The third-order valence-electron chi connectivity index (χ3n) is 10.3. The number of carbonyl (C=O) groups is 4. The summed E-state index contributed by atoms with van der Waals surface area (Å²) < 4.78 is 12.7. The van der Waals surface area contributed by atoms with Gasteiger partial charge in [-0.15, -0.1) is 0 Å². The van der Waals surface area contributed by atoms with E-state index in [1.54, 1.807) is 51.4 Å². The van der Waals surface area contributed by atoms with Gasteiger partial charge in [-0.05, 0) is 51.3 Å². The Labute approximate surface area is 360 Å². The van der Waals surface area contributed by atoms with Crippen molar-refractivity contribution in [2.45, 2.75) is 77.2 Å². The second kappa shape index (κ2) is 17.8. The number of hydrogen-bond acceptors (Lipinski definition) is 10. The van der Waals surface area contributed by atoms with Crippen LogP contribution in [0, 0.1) is 0 Å². The number of rotatable bonds is 12. The lowest BCUT2D eigenvalue weighted by molar-refractivity contribution is -0.120. The molecule has 2 aliphatic rings. The van der Waals surface area contributed by atoms with Gasteiger partial charge in [0.1, 0.15) is 16.9 Å². The molecular formula is C43H44Cl2N8O8. The first kappa shape index (κ1) is 42.8. The Kier molecular flexibility index (Phi) is 12.5. The van der Waals surface area contributed by atoms with Crippen LogP contribution < -0.4 is 20.9 Å². The minimum Gasteiger partial charge on any atom is -0.480 e. The summed E-state index contributed by atoms with van der Waals surface area (Å²) >= 11 is 14.2. The number of carboxylic acid groups (broad SMARTS) is 1. The fraction of sp³-hybridized carbons (Fsp3) is 0.349. The summed E-state index contributed by atoms with van der Waals surface area (Å²) in [6, 6.07) is 13.9. The van der Waals surface area contributed by atoms with E-state index in [1.165, 1.54) is 22.6 Å². The zero-order valence-corrected chi connectivity index (χ0v) is 35.4. The zero-order chi connectivity index (χ0) is 43.6. The van der Waals surface area contributed by atoms with Crippen LogP contribution in [0.25, 0.3) is 39.2 Å². The summed E-state index contributed by atoms with van der Waals surface area (Å²) in [4.78, 5) is 78.8. The van der Waals surface area contributed by atoms with E-state index < -0.39 is 23.3 Å². The van der Waals surface area contributed by atoms with Crippen molar-refractivity contribution in [3.05, 3.63) is 98.8 Å². The van der Waals surface area contributed by atoms with Crippen LogP contribution in [0.4, 0.5) is 9.59 Å². The van der Waals surface area contributed by atoms with Crippen molar-refractivity contribution >= 4 is 52.8 Å². The zero-order valence-electron chi connectivity index (χ0n) is 33.9. The molecule has 4 amide bonds. The first-order chi connectivity index (χ1) is 29.1. The predicted octanol–water partition coefficient (Wildman–Crippen LogP) is 6.58. The number of nitrogens with zero attached hydrogens (tertiary/aromatic N) is 6. The Morgan fingerprint density at radius 1 is 0.852 bits per heavy atom. The molecule has 2 aromatic carbocycles. The summed E-state index contributed by atoms with van der Waals surface area (Å²) in [6.45, 7) is 5.43. The van der Waals surface area contributed by atoms with Crippen molar-refractivity contribution in [3.8, 4) is 39.4 Å². The van der Waals surface area contributed by atoms with Crippen LogP contribution in [-0.4, -0.2) is 96.1 Å². The lowest BCUT2D eigenvalue weighted by Crippen LogP contribution is -2.44. The number of aromatic nitrogens is 4. The van der Waals surface area contributed by atoms with Gasteiger partial charge < -0.3 is 35.0 Å². The maximum atomic E-state index is 13.5. The number of pyridine rings is 1. The number of fused-ring (bicyclic) bond motifs is 1. The molecule has 3 N–H and O–H groups in total. The molecule has 16 nitrogen and oxygen atoms in total. The van der Waals surface area contributed by atoms with Crippen molar-refractivity contribution in [2.24, 2.45) is 0 Å². The second-order valence-corrected chi connectivity index (χ2v) is 16.7. The van der Waals surface area contributed by atoms with Gasteiger partial charge in [-0.25, -0.2) is 19.6 Å². The highest BCUT2D eigenvalue weighted by molar-refractivity contribution is 6.39. The van der Waals surface area contributed by atoms with Crippen molar-refractivity contribution in [1.29, 1.82) is 0 Å². The third kappa shape index (κ3) is 9.71. The summed E-state index contributed by atoms with van der Waals surface area (Å²) in [5.41, 5.74) is 3.25. The Hall–Kier alpha value is -6.26. The molecule has 3 aromatic heterocycles. The lowest BCUT2D eigenvalue weighted by atomic mass is 9.97. The number of carbonyl (C=O) groups excluding carboxylic acids is 3. The molecule has 5 heterocycles. The van der Waals surface area contributed by atoms with E-state index >= 15 is 0 Å². The monoisotopic (exact) mass is 870 g/mol. The van der Waals surface area contributed by atoms with Crippen molar-refractivity contribution < 1.29 is 33.8 Å². The van der Waals surface area contributed by atoms with Gasteiger partial charge in [0, 0.05) is 72.7 Å². The molecule has 2 fully saturated rings. The molecule has 0 unspecified atom stereocenters. The van der Waals surface area contributed by atoms with E-state index in [4.69, 9.17) is 37.7 Å². The largest absolute Gasteiger partial charge is 0.480 e. The first-order valence-electron chi connectivity index (χ1n) is 19.6. The van der Waals surface area contributed by atoms with E-state index in [9.17, 15) is 29.1 Å². The highest BCUT2D eigenvalue weighted by atomic mass is 35.5. The summed E-state index contributed by atoms with van der Waals surface area (Å²) in [6.07, 6.45) is 4.53. The number of ether oxygens (including phenoxy) is 2. The van der Waals surface area contributed by atoms with E-state index in [1.807, 2.05) is 30.3 Å². The van der Waals surface area contributed by atoms with Gasteiger partial charge in [0.2, 0.25) is 17.7 Å². The van der Waals surface area contributed by atoms with Gasteiger partial charge >= 0.3 is 12.2 Å². The molecule has 2 aliphatic heterocycles. The Bertz CT molecular complexity index is 2600. The maximum Gasteiger partial charge on any atom is 0.410 e. The van der Waals surface area contributed by atoms with E-state index in [2.05, 4.69) is 20.6 Å². The van der Waals surface area contributed by atoms with Crippen molar-refractivity contribution in [2.75, 3.05) is 20.2 Å². The molecule has 0 bridgehead atoms. The summed E-state index contributed by atoms with van der Waals surface area (Å²) in [5.74, 6) is -0.0203. The number of halogens is 2. The molecule has 0 spiro atoms. The standard InChI is InChI=1S/C43H44Cl2N8O8/c1-43(2,3)61-42(59)52(22-27-12-14-36(55)49-27)23-33-39(60-4)50-32(19-46-33)31-10-6-9-30(38(31)45)29-8-5-7-28(37(29)44)24-15-16-53-34(17-24)47-18-25(40(53)56)20-51(41(57)58)21-26-11-13-35(54)48-26/h5-10,15-19,26-27H,11-14,20-23H2,1-4H3,(H,48,54)(H,49,55)(H,57,58)/t26-,27-/m0/s1. The van der Waals surface area contributed by atoms with Crippen LogP contribution in [-0.2, 0) is 27.4 Å². The normalized spacial score (nSPS) is 16.3. The van der Waals surface area contributed by atoms with Gasteiger partial charge in [-0.3, -0.25) is 23.8 Å². The quantitative estimate of drug-likeness (QED) is 0.123. The van der Waals surface area contributed by atoms with Crippen LogP contribution >= 0.6 is 23.2 Å². The topological polar surface area (TPSA) is 198 Å². The molecule has 318 valence electrons. The van der Waals surface area contributed by atoms with Gasteiger partial charge in [-0.1, -0.05) is 59.6 Å². The molecule has 2 saturated heterocycles. The molecule has 0 radical (unpaired) electrons. The molecule has 18 heteroatoms. The molecule has 2 atom stereocenters. The number of benzene rings is 2. The van der Waals surface area contributed by atoms with Crippen molar-refractivity contribution in [3.63, 3.8) is 0 Å². The fourth-order valence-electron chi connectivity index (χ4n) is 7.38. The van der Waals surface area contributed by atoms with Crippen LogP contribution in [0.3, 0.4) is 0 Å². The molecule has 61 heavy (non-hydrogen) atoms. The Morgan fingerprint density at radius 3 is 2.05 bits per heavy atom. The molecule has 7 rings (SSSR count). The third-order valence-corrected chi connectivity index (χ3v) is 11.2. The fourth-order valence-corrected chi connectivity index (χ4v) is 8.04. The van der Waals surface area contributed by atoms with Crippen LogP contribution in [0.15, 0.2) is 71.9 Å². The minimum atomic E-state index is -1.21. The Balaban J connectivity index is 1.14. The smallest absolute Gasteiger partial charge is 0.410 e. The highest BCUT2D eigenvalue weighted by Crippen LogP contribution is 2.42. The maximum absolute atomic E-state index is 13.5. The minimum absolute atomic E-state index is 0.0136. The number of hydrogen-bond donors (Lipinski definition) is 3. The summed E-state index contributed by atoms with van der Waals surface area (Å²) in [5, 5.41) is 16.2. The van der Waals surface area contributed by atoms with E-state index in [0.717, 1.165) is 4.90 Å². The molecule has 0 saturated carbocycles. The van der Waals surface area contributed by atoms with Crippen LogP contribution in [0.5, 0.6) is 5.88 Å². The van der Waals surface area contributed by atoms with Crippen LogP contribution in [0.2, 0.25) is 10.0 Å². The van der Waals surface area contributed by atoms with E-state index in [0.29, 0.717) is 80.6 Å². The lowest BCUT2D eigenvalue weighted by Gasteiger charge is -2.29. The number of methoxy groups -OCH3 is 1. The average Bonchev–Trinajstić information content (AvgIpc) is 3.84. The summed E-state index contributed by atoms with van der Waals surface area (Å²) in [7, 11) is 1.46. The molecular weight excluding hydrogens is 827 g/mol.